The van der Waals surface area contributed by atoms with E-state index in [2.05, 4.69) is 35.9 Å². The standard InChI is InChI=1S/C16H16N6O/c23-16-13-3-5-22(8-12-2-1-4-19-12)9-14(13)20-15(21-16)11-6-17-10-18-7-11/h1-2,4,6-7,10,19H,3,5,8-9H2,(H,20,21,23). The molecule has 23 heavy (non-hydrogen) atoms. The number of nitrogens with zero attached hydrogens (tertiary/aromatic N) is 4. The SMILES string of the molecule is O=c1[nH]c(-c2cncnc2)nc2c1CCN(Cc1ccc[nH]1)C2. The number of hydrogen-bond acceptors (Lipinski definition) is 5. The van der Waals surface area contributed by atoms with Gasteiger partial charge in [0.25, 0.3) is 5.56 Å². The number of rotatable bonds is 3. The Morgan fingerprint density at radius 3 is 2.91 bits per heavy atom. The quantitative estimate of drug-likeness (QED) is 0.756. The van der Waals surface area contributed by atoms with Crippen LogP contribution in [0.3, 0.4) is 0 Å². The molecule has 0 saturated heterocycles. The van der Waals surface area contributed by atoms with E-state index in [1.165, 1.54) is 6.33 Å². The summed E-state index contributed by atoms with van der Waals surface area (Å²) in [5, 5.41) is 0. The summed E-state index contributed by atoms with van der Waals surface area (Å²) in [5.41, 5.74) is 3.44. The lowest BCUT2D eigenvalue weighted by Gasteiger charge is -2.27. The highest BCUT2D eigenvalue weighted by atomic mass is 16.1. The van der Waals surface area contributed by atoms with Gasteiger partial charge in [-0.25, -0.2) is 15.0 Å². The average molecular weight is 308 g/mol. The van der Waals surface area contributed by atoms with Gasteiger partial charge in [-0.2, -0.15) is 0 Å². The zero-order valence-corrected chi connectivity index (χ0v) is 12.5. The summed E-state index contributed by atoms with van der Waals surface area (Å²) in [6, 6.07) is 4.05. The van der Waals surface area contributed by atoms with Crippen molar-refractivity contribution in [1.82, 2.24) is 29.8 Å². The Balaban J connectivity index is 1.64. The third-order valence-electron chi connectivity index (χ3n) is 4.04. The van der Waals surface area contributed by atoms with E-state index < -0.39 is 0 Å². The summed E-state index contributed by atoms with van der Waals surface area (Å²) in [6.07, 6.45) is 7.39. The molecular weight excluding hydrogens is 292 g/mol. The molecular formula is C16H16N6O. The van der Waals surface area contributed by atoms with Crippen LogP contribution in [0.25, 0.3) is 11.4 Å². The molecule has 0 saturated carbocycles. The van der Waals surface area contributed by atoms with Crippen LogP contribution < -0.4 is 5.56 Å². The van der Waals surface area contributed by atoms with Gasteiger partial charge in [0.1, 0.15) is 12.2 Å². The van der Waals surface area contributed by atoms with Crippen LogP contribution in [-0.2, 0) is 19.5 Å². The molecule has 0 aromatic carbocycles. The van der Waals surface area contributed by atoms with Crippen LogP contribution in [0.4, 0.5) is 0 Å². The van der Waals surface area contributed by atoms with Crippen molar-refractivity contribution >= 4 is 0 Å². The van der Waals surface area contributed by atoms with Crippen molar-refractivity contribution in [1.29, 1.82) is 0 Å². The van der Waals surface area contributed by atoms with E-state index in [0.717, 1.165) is 30.0 Å². The van der Waals surface area contributed by atoms with Crippen molar-refractivity contribution in [2.75, 3.05) is 6.54 Å². The fourth-order valence-corrected chi connectivity index (χ4v) is 2.89. The predicted molar refractivity (Wildman–Crippen MR) is 84.5 cm³/mol. The highest BCUT2D eigenvalue weighted by Gasteiger charge is 2.21. The van der Waals surface area contributed by atoms with Gasteiger partial charge in [0, 0.05) is 49.5 Å². The summed E-state index contributed by atoms with van der Waals surface area (Å²) < 4.78 is 0. The summed E-state index contributed by atoms with van der Waals surface area (Å²) in [5.74, 6) is 0.524. The van der Waals surface area contributed by atoms with E-state index in [4.69, 9.17) is 0 Å². The fraction of sp³-hybridized carbons (Fsp3) is 0.250. The van der Waals surface area contributed by atoms with E-state index in [1.807, 2.05) is 12.3 Å². The maximum Gasteiger partial charge on any atom is 0.254 e. The minimum absolute atomic E-state index is 0.0617. The maximum absolute atomic E-state index is 12.3. The second-order valence-corrected chi connectivity index (χ2v) is 5.62. The van der Waals surface area contributed by atoms with Gasteiger partial charge in [-0.15, -0.1) is 0 Å². The maximum atomic E-state index is 12.3. The van der Waals surface area contributed by atoms with Crippen LogP contribution in [0.1, 0.15) is 17.0 Å². The molecule has 4 rings (SSSR count). The summed E-state index contributed by atoms with van der Waals surface area (Å²) >= 11 is 0. The summed E-state index contributed by atoms with van der Waals surface area (Å²) in [4.78, 5) is 33.3. The Morgan fingerprint density at radius 1 is 1.26 bits per heavy atom. The monoisotopic (exact) mass is 308 g/mol. The van der Waals surface area contributed by atoms with Gasteiger partial charge in [-0.1, -0.05) is 0 Å². The minimum atomic E-state index is -0.0617. The Hall–Kier alpha value is -2.80. The Kier molecular flexibility index (Phi) is 3.47. The molecule has 7 heteroatoms. The second kappa shape index (κ2) is 5.77. The van der Waals surface area contributed by atoms with Crippen LogP contribution >= 0.6 is 0 Å². The molecule has 1 aliphatic rings. The largest absolute Gasteiger partial charge is 0.364 e. The van der Waals surface area contributed by atoms with Crippen molar-refractivity contribution in [3.63, 3.8) is 0 Å². The molecule has 4 heterocycles. The van der Waals surface area contributed by atoms with Gasteiger partial charge >= 0.3 is 0 Å². The average Bonchev–Trinajstić information content (AvgIpc) is 3.08. The Bertz CT molecular complexity index is 856. The highest BCUT2D eigenvalue weighted by molar-refractivity contribution is 5.52. The van der Waals surface area contributed by atoms with Crippen LogP contribution in [0.2, 0.25) is 0 Å². The first-order valence-corrected chi connectivity index (χ1v) is 7.51. The first kappa shape index (κ1) is 13.8. The molecule has 116 valence electrons. The molecule has 0 bridgehead atoms. The van der Waals surface area contributed by atoms with Crippen LogP contribution in [0.15, 0.2) is 41.8 Å². The lowest BCUT2D eigenvalue weighted by Crippen LogP contribution is -2.35. The van der Waals surface area contributed by atoms with Crippen molar-refractivity contribution in [3.05, 3.63) is 64.4 Å². The molecule has 0 radical (unpaired) electrons. The molecule has 3 aromatic heterocycles. The van der Waals surface area contributed by atoms with E-state index in [-0.39, 0.29) is 5.56 Å². The number of aromatic amines is 2. The van der Waals surface area contributed by atoms with Crippen LogP contribution in [-0.4, -0.2) is 36.4 Å². The van der Waals surface area contributed by atoms with Crippen LogP contribution in [0.5, 0.6) is 0 Å². The lowest BCUT2D eigenvalue weighted by molar-refractivity contribution is 0.238. The van der Waals surface area contributed by atoms with E-state index >= 15 is 0 Å². The lowest BCUT2D eigenvalue weighted by atomic mass is 10.1. The van der Waals surface area contributed by atoms with Gasteiger partial charge in [-0.05, 0) is 18.6 Å². The number of hydrogen-bond donors (Lipinski definition) is 2. The molecule has 0 spiro atoms. The summed E-state index contributed by atoms with van der Waals surface area (Å²) in [6.45, 7) is 2.34. The number of H-pyrrole nitrogens is 2. The van der Waals surface area contributed by atoms with Gasteiger partial charge in [0.15, 0.2) is 0 Å². The van der Waals surface area contributed by atoms with Gasteiger partial charge < -0.3 is 9.97 Å². The molecule has 0 amide bonds. The fourth-order valence-electron chi connectivity index (χ4n) is 2.89. The number of fused-ring (bicyclic) bond motifs is 1. The molecule has 0 atom stereocenters. The summed E-state index contributed by atoms with van der Waals surface area (Å²) in [7, 11) is 0. The number of aromatic nitrogens is 5. The van der Waals surface area contributed by atoms with E-state index in [1.54, 1.807) is 12.4 Å². The van der Waals surface area contributed by atoms with E-state index in [9.17, 15) is 4.79 Å². The smallest absolute Gasteiger partial charge is 0.254 e. The first-order valence-electron chi connectivity index (χ1n) is 7.51. The third kappa shape index (κ3) is 2.78. The Morgan fingerprint density at radius 2 is 2.13 bits per heavy atom. The minimum Gasteiger partial charge on any atom is -0.364 e. The second-order valence-electron chi connectivity index (χ2n) is 5.62. The molecule has 7 nitrogen and oxygen atoms in total. The zero-order valence-electron chi connectivity index (χ0n) is 12.5. The van der Waals surface area contributed by atoms with Crippen molar-refractivity contribution in [2.24, 2.45) is 0 Å². The number of nitrogens with one attached hydrogen (secondary N) is 2. The predicted octanol–water partition coefficient (Wildman–Crippen LogP) is 1.11. The van der Waals surface area contributed by atoms with Crippen LogP contribution in [0, 0.1) is 0 Å². The normalized spacial score (nSPS) is 14.6. The van der Waals surface area contributed by atoms with Crippen molar-refractivity contribution in [3.8, 4) is 11.4 Å². The third-order valence-corrected chi connectivity index (χ3v) is 4.04. The van der Waals surface area contributed by atoms with Crippen molar-refractivity contribution in [2.45, 2.75) is 19.5 Å². The van der Waals surface area contributed by atoms with E-state index in [0.29, 0.717) is 24.4 Å². The zero-order chi connectivity index (χ0) is 15.6. The van der Waals surface area contributed by atoms with Crippen molar-refractivity contribution < 1.29 is 0 Å². The molecule has 1 aliphatic heterocycles. The molecule has 0 aliphatic carbocycles. The molecule has 3 aromatic rings. The molecule has 0 fully saturated rings. The highest BCUT2D eigenvalue weighted by Crippen LogP contribution is 2.18. The van der Waals surface area contributed by atoms with Gasteiger partial charge in [-0.3, -0.25) is 9.69 Å². The topological polar surface area (TPSA) is 90.6 Å². The Labute approximate surface area is 132 Å². The molecule has 0 unspecified atom stereocenters. The van der Waals surface area contributed by atoms with Gasteiger partial charge in [0.05, 0.1) is 11.3 Å². The van der Waals surface area contributed by atoms with Gasteiger partial charge in [0.2, 0.25) is 0 Å². The first-order chi connectivity index (χ1) is 11.3. The molecule has 2 N–H and O–H groups in total.